The predicted molar refractivity (Wildman–Crippen MR) is 119 cm³/mol. The van der Waals surface area contributed by atoms with Crippen molar-refractivity contribution >= 4 is 21.4 Å². The molecule has 1 aliphatic carbocycles. The lowest BCUT2D eigenvalue weighted by Gasteiger charge is -2.38. The molecule has 0 unspecified atom stereocenters. The number of thiophene rings is 1. The molecule has 2 aliphatic rings. The van der Waals surface area contributed by atoms with Gasteiger partial charge < -0.3 is 0 Å². The highest BCUT2D eigenvalue weighted by atomic mass is 32.2. The summed E-state index contributed by atoms with van der Waals surface area (Å²) in [6.07, 6.45) is 5.52. The van der Waals surface area contributed by atoms with Gasteiger partial charge in [-0.1, -0.05) is 18.2 Å². The number of hydrogen-bond acceptors (Lipinski definition) is 5. The molecule has 2 aromatic heterocycles. The van der Waals surface area contributed by atoms with Gasteiger partial charge in [-0.15, -0.1) is 11.3 Å². The number of aromatic amines is 1. The van der Waals surface area contributed by atoms with Gasteiger partial charge in [0, 0.05) is 42.8 Å². The standard InChI is InChI=1S/C22H26N4O2S2/c27-30(28,20-4-2-1-3-5-20)26(17-6-7-17)18-11-14-25(15-12-18)16-19-8-9-22(29-19)21-10-13-23-24-21/h1-5,8-10,13,17-18H,6-7,11-12,14-16H2,(H,23,24). The van der Waals surface area contributed by atoms with Crippen molar-refractivity contribution in [2.24, 2.45) is 0 Å². The number of likely N-dealkylation sites (tertiary alicyclic amines) is 1. The van der Waals surface area contributed by atoms with Crippen LogP contribution in [0.4, 0.5) is 0 Å². The van der Waals surface area contributed by atoms with E-state index in [2.05, 4.69) is 27.2 Å². The first-order chi connectivity index (χ1) is 14.6. The van der Waals surface area contributed by atoms with Crippen LogP contribution >= 0.6 is 11.3 Å². The number of sulfonamides is 1. The molecule has 1 saturated carbocycles. The van der Waals surface area contributed by atoms with E-state index in [-0.39, 0.29) is 12.1 Å². The van der Waals surface area contributed by atoms with Crippen LogP contribution in [-0.4, -0.2) is 53.0 Å². The van der Waals surface area contributed by atoms with E-state index >= 15 is 0 Å². The third-order valence-corrected chi connectivity index (χ3v) is 9.07. The SMILES string of the molecule is O=S(=O)(c1ccccc1)N(C1CC1)C1CCN(Cc2ccc(-c3ccn[nH]3)s2)CC1. The predicted octanol–water partition coefficient (Wildman–Crippen LogP) is 3.96. The molecule has 0 spiro atoms. The summed E-state index contributed by atoms with van der Waals surface area (Å²) in [5.41, 5.74) is 1.05. The van der Waals surface area contributed by atoms with Crippen LogP contribution < -0.4 is 0 Å². The maximum Gasteiger partial charge on any atom is 0.243 e. The van der Waals surface area contributed by atoms with E-state index in [1.807, 2.05) is 16.4 Å². The largest absolute Gasteiger partial charge is 0.298 e. The first-order valence-corrected chi connectivity index (χ1v) is 12.8. The molecule has 3 aromatic rings. The number of aromatic nitrogens is 2. The summed E-state index contributed by atoms with van der Waals surface area (Å²) < 4.78 is 28.4. The second kappa shape index (κ2) is 8.26. The topological polar surface area (TPSA) is 69.3 Å². The molecular formula is C22H26N4O2S2. The maximum absolute atomic E-state index is 13.3. The Kier molecular flexibility index (Phi) is 5.49. The van der Waals surface area contributed by atoms with Crippen molar-refractivity contribution in [1.29, 1.82) is 0 Å². The molecule has 2 fully saturated rings. The number of hydrogen-bond donors (Lipinski definition) is 1. The first kappa shape index (κ1) is 19.9. The first-order valence-electron chi connectivity index (χ1n) is 10.5. The van der Waals surface area contributed by atoms with Crippen LogP contribution in [-0.2, 0) is 16.6 Å². The summed E-state index contributed by atoms with van der Waals surface area (Å²) in [5.74, 6) is 0. The Labute approximate surface area is 181 Å². The summed E-state index contributed by atoms with van der Waals surface area (Å²) in [7, 11) is -3.43. The zero-order valence-corrected chi connectivity index (χ0v) is 18.4. The fraction of sp³-hybridized carbons (Fsp3) is 0.409. The van der Waals surface area contributed by atoms with Crippen LogP contribution in [0.3, 0.4) is 0 Å². The Morgan fingerprint density at radius 3 is 2.40 bits per heavy atom. The van der Waals surface area contributed by atoms with Gasteiger partial charge in [0.15, 0.2) is 0 Å². The van der Waals surface area contributed by atoms with Crippen molar-refractivity contribution in [2.45, 2.75) is 49.2 Å². The van der Waals surface area contributed by atoms with E-state index in [1.54, 1.807) is 41.8 Å². The molecule has 1 saturated heterocycles. The molecule has 1 aromatic carbocycles. The molecular weight excluding hydrogens is 416 g/mol. The average Bonchev–Trinajstić information content (AvgIpc) is 3.24. The van der Waals surface area contributed by atoms with Crippen LogP contribution in [0.25, 0.3) is 10.6 Å². The molecule has 0 amide bonds. The Bertz CT molecular complexity index is 1070. The number of nitrogens with zero attached hydrogens (tertiary/aromatic N) is 3. The summed E-state index contributed by atoms with van der Waals surface area (Å²) in [6, 6.07) is 15.5. The van der Waals surface area contributed by atoms with E-state index in [4.69, 9.17) is 0 Å². The Morgan fingerprint density at radius 1 is 1.00 bits per heavy atom. The zero-order valence-electron chi connectivity index (χ0n) is 16.8. The smallest absolute Gasteiger partial charge is 0.243 e. The lowest BCUT2D eigenvalue weighted by atomic mass is 10.0. The van der Waals surface area contributed by atoms with Gasteiger partial charge in [-0.3, -0.25) is 10.00 Å². The van der Waals surface area contributed by atoms with Crippen molar-refractivity contribution in [1.82, 2.24) is 19.4 Å². The number of benzene rings is 1. The van der Waals surface area contributed by atoms with Crippen molar-refractivity contribution in [3.8, 4) is 10.6 Å². The molecule has 1 aliphatic heterocycles. The van der Waals surface area contributed by atoms with Crippen molar-refractivity contribution in [3.05, 3.63) is 59.6 Å². The number of piperidine rings is 1. The van der Waals surface area contributed by atoms with E-state index in [0.717, 1.165) is 51.0 Å². The van der Waals surface area contributed by atoms with Crippen LogP contribution in [0, 0.1) is 0 Å². The number of nitrogens with one attached hydrogen (secondary N) is 1. The second-order valence-electron chi connectivity index (χ2n) is 8.12. The van der Waals surface area contributed by atoms with Gasteiger partial charge in [-0.05, 0) is 56.0 Å². The molecule has 3 heterocycles. The molecule has 8 heteroatoms. The van der Waals surface area contributed by atoms with Gasteiger partial charge >= 0.3 is 0 Å². The molecule has 1 N–H and O–H groups in total. The molecule has 30 heavy (non-hydrogen) atoms. The third kappa shape index (κ3) is 4.09. The minimum atomic E-state index is -3.43. The average molecular weight is 443 g/mol. The van der Waals surface area contributed by atoms with Crippen LogP contribution in [0.1, 0.15) is 30.6 Å². The third-order valence-electron chi connectivity index (χ3n) is 5.95. The van der Waals surface area contributed by atoms with E-state index in [0.29, 0.717) is 4.90 Å². The fourth-order valence-corrected chi connectivity index (χ4v) is 7.26. The lowest BCUT2D eigenvalue weighted by molar-refractivity contribution is 0.151. The summed E-state index contributed by atoms with van der Waals surface area (Å²) in [6.45, 7) is 2.77. The van der Waals surface area contributed by atoms with E-state index in [9.17, 15) is 8.42 Å². The molecule has 0 bridgehead atoms. The monoisotopic (exact) mass is 442 g/mol. The van der Waals surface area contributed by atoms with Crippen LogP contribution in [0.5, 0.6) is 0 Å². The van der Waals surface area contributed by atoms with Crippen molar-refractivity contribution < 1.29 is 8.42 Å². The number of H-pyrrole nitrogens is 1. The minimum Gasteiger partial charge on any atom is -0.298 e. The van der Waals surface area contributed by atoms with Gasteiger partial charge in [-0.25, -0.2) is 8.42 Å². The van der Waals surface area contributed by atoms with Gasteiger partial charge in [0.25, 0.3) is 0 Å². The quantitative estimate of drug-likeness (QED) is 0.601. The highest BCUT2D eigenvalue weighted by molar-refractivity contribution is 7.89. The van der Waals surface area contributed by atoms with Crippen molar-refractivity contribution in [3.63, 3.8) is 0 Å². The molecule has 0 radical (unpaired) electrons. The van der Waals surface area contributed by atoms with Crippen LogP contribution in [0.2, 0.25) is 0 Å². The van der Waals surface area contributed by atoms with Gasteiger partial charge in [0.1, 0.15) is 0 Å². The van der Waals surface area contributed by atoms with Gasteiger partial charge in [0.05, 0.1) is 15.5 Å². The lowest BCUT2D eigenvalue weighted by Crippen LogP contribution is -2.48. The summed E-state index contributed by atoms with van der Waals surface area (Å²) in [5, 5.41) is 7.04. The second-order valence-corrected chi connectivity index (χ2v) is 11.1. The fourth-order valence-electron chi connectivity index (χ4n) is 4.29. The van der Waals surface area contributed by atoms with Gasteiger partial charge in [0.2, 0.25) is 10.0 Å². The van der Waals surface area contributed by atoms with Crippen LogP contribution in [0.15, 0.2) is 59.6 Å². The van der Waals surface area contributed by atoms with Gasteiger partial charge in [-0.2, -0.15) is 9.40 Å². The molecule has 5 rings (SSSR count). The summed E-state index contributed by atoms with van der Waals surface area (Å²) in [4.78, 5) is 5.39. The Hall–Kier alpha value is -2.00. The minimum absolute atomic E-state index is 0.0999. The molecule has 158 valence electrons. The Morgan fingerprint density at radius 2 is 1.73 bits per heavy atom. The zero-order chi connectivity index (χ0) is 20.6. The molecule has 0 atom stereocenters. The van der Waals surface area contributed by atoms with E-state index in [1.165, 1.54) is 9.75 Å². The molecule has 6 nitrogen and oxygen atoms in total. The normalized spacial score (nSPS) is 18.8. The summed E-state index contributed by atoms with van der Waals surface area (Å²) >= 11 is 1.79. The number of rotatable bonds is 7. The highest BCUT2D eigenvalue weighted by Crippen LogP contribution is 2.37. The maximum atomic E-state index is 13.3. The van der Waals surface area contributed by atoms with E-state index < -0.39 is 10.0 Å². The highest BCUT2D eigenvalue weighted by Gasteiger charge is 2.43. The van der Waals surface area contributed by atoms with Crippen molar-refractivity contribution in [2.75, 3.05) is 13.1 Å². The Balaban J connectivity index is 1.24.